The third-order valence-corrected chi connectivity index (χ3v) is 3.18. The van der Waals surface area contributed by atoms with E-state index < -0.39 is 10.0 Å². The molecule has 0 aromatic heterocycles. The van der Waals surface area contributed by atoms with Crippen molar-refractivity contribution >= 4 is 21.5 Å². The van der Waals surface area contributed by atoms with Gasteiger partial charge >= 0.3 is 0 Å². The fraction of sp³-hybridized carbons (Fsp3) is 0.417. The summed E-state index contributed by atoms with van der Waals surface area (Å²) in [6.45, 7) is 1.58. The molecule has 1 aromatic carbocycles. The van der Waals surface area contributed by atoms with Gasteiger partial charge in [0, 0.05) is 6.42 Å². The first kappa shape index (κ1) is 13.7. The van der Waals surface area contributed by atoms with E-state index in [1.54, 1.807) is 12.1 Å². The average Bonchev–Trinajstić information content (AvgIpc) is 2.72. The molecular weight excluding hydrogens is 270 g/mol. The highest BCUT2D eigenvalue weighted by molar-refractivity contribution is 7.92. The number of anilines is 1. The van der Waals surface area contributed by atoms with Crippen molar-refractivity contribution in [2.75, 3.05) is 17.8 Å². The fourth-order valence-electron chi connectivity index (χ4n) is 1.81. The lowest BCUT2D eigenvalue weighted by molar-refractivity contribution is -0.116. The van der Waals surface area contributed by atoms with Gasteiger partial charge in [-0.25, -0.2) is 8.42 Å². The molecule has 0 amide bonds. The van der Waals surface area contributed by atoms with Crippen molar-refractivity contribution in [2.45, 2.75) is 19.8 Å². The molecule has 104 valence electrons. The van der Waals surface area contributed by atoms with Gasteiger partial charge < -0.3 is 14.3 Å². The smallest absolute Gasteiger partial charge is 0.231 e. The standard InChI is InChI=1S/C12H15NO5S/c1-8(14)3-4-9-5-10(13-19(2,15)16)12-11(6-9)17-7-18-12/h5-6,13H,3-4,7H2,1-2H3. The van der Waals surface area contributed by atoms with E-state index in [4.69, 9.17) is 9.47 Å². The molecule has 0 atom stereocenters. The maximum atomic E-state index is 11.3. The van der Waals surface area contributed by atoms with Crippen LogP contribution in [0.2, 0.25) is 0 Å². The Labute approximate surface area is 111 Å². The summed E-state index contributed by atoms with van der Waals surface area (Å²) >= 11 is 0. The topological polar surface area (TPSA) is 81.7 Å². The summed E-state index contributed by atoms with van der Waals surface area (Å²) in [6.07, 6.45) is 2.00. The summed E-state index contributed by atoms with van der Waals surface area (Å²) < 4.78 is 35.5. The average molecular weight is 285 g/mol. The van der Waals surface area contributed by atoms with Crippen molar-refractivity contribution in [3.8, 4) is 11.5 Å². The number of sulfonamides is 1. The number of carbonyl (C=O) groups is 1. The van der Waals surface area contributed by atoms with E-state index in [-0.39, 0.29) is 12.6 Å². The van der Waals surface area contributed by atoms with Crippen molar-refractivity contribution in [1.82, 2.24) is 0 Å². The summed E-state index contributed by atoms with van der Waals surface area (Å²) in [5.74, 6) is 0.958. The van der Waals surface area contributed by atoms with Crippen LogP contribution in [-0.4, -0.2) is 27.2 Å². The molecule has 0 saturated carbocycles. The lowest BCUT2D eigenvalue weighted by Crippen LogP contribution is -2.10. The zero-order valence-electron chi connectivity index (χ0n) is 10.7. The van der Waals surface area contributed by atoms with Gasteiger partial charge in [0.1, 0.15) is 5.78 Å². The highest BCUT2D eigenvalue weighted by Crippen LogP contribution is 2.41. The normalized spacial score (nSPS) is 13.4. The fourth-order valence-corrected chi connectivity index (χ4v) is 2.36. The van der Waals surface area contributed by atoms with Gasteiger partial charge in [0.15, 0.2) is 11.5 Å². The molecule has 0 unspecified atom stereocenters. The van der Waals surface area contributed by atoms with Gasteiger partial charge in [0.2, 0.25) is 16.8 Å². The Morgan fingerprint density at radius 1 is 1.37 bits per heavy atom. The lowest BCUT2D eigenvalue weighted by Gasteiger charge is -2.10. The van der Waals surface area contributed by atoms with E-state index in [2.05, 4.69) is 4.72 Å². The number of ether oxygens (including phenoxy) is 2. The molecule has 1 heterocycles. The van der Waals surface area contributed by atoms with Crippen LogP contribution in [0.3, 0.4) is 0 Å². The van der Waals surface area contributed by atoms with Crippen LogP contribution < -0.4 is 14.2 Å². The summed E-state index contributed by atoms with van der Waals surface area (Å²) in [7, 11) is -3.40. The number of rotatable bonds is 5. The number of aryl methyl sites for hydroxylation is 1. The Hall–Kier alpha value is -1.76. The minimum Gasteiger partial charge on any atom is -0.453 e. The molecule has 19 heavy (non-hydrogen) atoms. The lowest BCUT2D eigenvalue weighted by atomic mass is 10.1. The SMILES string of the molecule is CC(=O)CCc1cc(NS(C)(=O)=O)c2c(c1)OCO2. The second kappa shape index (κ2) is 5.08. The summed E-state index contributed by atoms with van der Waals surface area (Å²) in [4.78, 5) is 11.0. The molecule has 7 heteroatoms. The van der Waals surface area contributed by atoms with Crippen molar-refractivity contribution in [3.63, 3.8) is 0 Å². The van der Waals surface area contributed by atoms with E-state index in [0.717, 1.165) is 11.8 Å². The van der Waals surface area contributed by atoms with E-state index in [9.17, 15) is 13.2 Å². The minimum atomic E-state index is -3.40. The van der Waals surface area contributed by atoms with Crippen LogP contribution >= 0.6 is 0 Å². The molecule has 1 N–H and O–H groups in total. The first-order valence-corrected chi connectivity index (χ1v) is 7.64. The molecule has 0 spiro atoms. The molecule has 2 rings (SSSR count). The maximum absolute atomic E-state index is 11.3. The second-order valence-electron chi connectivity index (χ2n) is 4.45. The van der Waals surface area contributed by atoms with Crippen LogP contribution in [0.1, 0.15) is 18.9 Å². The third kappa shape index (κ3) is 3.60. The maximum Gasteiger partial charge on any atom is 0.231 e. The van der Waals surface area contributed by atoms with Gasteiger partial charge in [-0.1, -0.05) is 0 Å². The zero-order chi connectivity index (χ0) is 14.0. The van der Waals surface area contributed by atoms with Crippen LogP contribution in [0.4, 0.5) is 5.69 Å². The number of Topliss-reactive ketones (excluding diaryl/α,β-unsaturated/α-hetero) is 1. The number of hydrogen-bond donors (Lipinski definition) is 1. The minimum absolute atomic E-state index is 0.0595. The number of hydrogen-bond acceptors (Lipinski definition) is 5. The first-order valence-electron chi connectivity index (χ1n) is 5.75. The Balaban J connectivity index is 2.32. The van der Waals surface area contributed by atoms with Crippen molar-refractivity contribution in [1.29, 1.82) is 0 Å². The van der Waals surface area contributed by atoms with E-state index in [1.807, 2.05) is 0 Å². The van der Waals surface area contributed by atoms with Gasteiger partial charge in [-0.15, -0.1) is 0 Å². The molecule has 1 aromatic rings. The number of benzene rings is 1. The second-order valence-corrected chi connectivity index (χ2v) is 6.20. The van der Waals surface area contributed by atoms with Gasteiger partial charge in [-0.2, -0.15) is 0 Å². The Morgan fingerprint density at radius 2 is 2.11 bits per heavy atom. The van der Waals surface area contributed by atoms with E-state index in [1.165, 1.54) is 6.92 Å². The Morgan fingerprint density at radius 3 is 2.74 bits per heavy atom. The van der Waals surface area contributed by atoms with Crippen molar-refractivity contribution in [3.05, 3.63) is 17.7 Å². The summed E-state index contributed by atoms with van der Waals surface area (Å²) in [5, 5.41) is 0. The largest absolute Gasteiger partial charge is 0.453 e. The molecule has 1 aliphatic rings. The monoisotopic (exact) mass is 285 g/mol. The van der Waals surface area contributed by atoms with Crippen LogP contribution in [0.25, 0.3) is 0 Å². The quantitative estimate of drug-likeness (QED) is 0.882. The van der Waals surface area contributed by atoms with Crippen LogP contribution in [0.15, 0.2) is 12.1 Å². The summed E-state index contributed by atoms with van der Waals surface area (Å²) in [5.41, 5.74) is 1.17. The Kier molecular flexibility index (Phi) is 3.66. The molecule has 0 radical (unpaired) electrons. The van der Waals surface area contributed by atoms with Crippen LogP contribution in [0.5, 0.6) is 11.5 Å². The molecule has 6 nitrogen and oxygen atoms in total. The summed E-state index contributed by atoms with van der Waals surface area (Å²) in [6, 6.07) is 3.43. The third-order valence-electron chi connectivity index (χ3n) is 2.59. The molecule has 0 fully saturated rings. The van der Waals surface area contributed by atoms with Gasteiger partial charge in [-0.05, 0) is 31.0 Å². The zero-order valence-corrected chi connectivity index (χ0v) is 11.5. The number of ketones is 1. The molecule has 0 bridgehead atoms. The van der Waals surface area contributed by atoms with E-state index >= 15 is 0 Å². The highest BCUT2D eigenvalue weighted by Gasteiger charge is 2.21. The highest BCUT2D eigenvalue weighted by atomic mass is 32.2. The van der Waals surface area contributed by atoms with Crippen molar-refractivity contribution in [2.24, 2.45) is 0 Å². The number of fused-ring (bicyclic) bond motifs is 1. The van der Waals surface area contributed by atoms with Gasteiger partial charge in [-0.3, -0.25) is 4.72 Å². The number of nitrogens with one attached hydrogen (secondary N) is 1. The predicted molar refractivity (Wildman–Crippen MR) is 70.0 cm³/mol. The van der Waals surface area contributed by atoms with Crippen molar-refractivity contribution < 1.29 is 22.7 Å². The Bertz CT molecular complexity index is 609. The van der Waals surface area contributed by atoms with E-state index in [0.29, 0.717) is 30.0 Å². The van der Waals surface area contributed by atoms with Crippen LogP contribution in [0, 0.1) is 0 Å². The molecule has 0 saturated heterocycles. The number of carbonyl (C=O) groups excluding carboxylic acids is 1. The molecule has 0 aliphatic carbocycles. The van der Waals surface area contributed by atoms with Crippen LogP contribution in [-0.2, 0) is 21.2 Å². The predicted octanol–water partition coefficient (Wildman–Crippen LogP) is 1.31. The first-order chi connectivity index (χ1) is 8.85. The molecule has 1 aliphatic heterocycles. The van der Waals surface area contributed by atoms with Gasteiger partial charge in [0.25, 0.3) is 0 Å². The molecular formula is C12H15NO5S. The van der Waals surface area contributed by atoms with Gasteiger partial charge in [0.05, 0.1) is 11.9 Å².